The van der Waals surface area contributed by atoms with Crippen molar-refractivity contribution in [3.8, 4) is 0 Å². The van der Waals surface area contributed by atoms with Crippen LogP contribution in [0.5, 0.6) is 0 Å². The number of rotatable bonds is 6. The van der Waals surface area contributed by atoms with Crippen molar-refractivity contribution in [2.75, 3.05) is 32.8 Å². The summed E-state index contributed by atoms with van der Waals surface area (Å²) in [6, 6.07) is 3.14. The van der Waals surface area contributed by atoms with Crippen molar-refractivity contribution in [1.29, 1.82) is 0 Å². The second kappa shape index (κ2) is 9.97. The average molecular weight is 477 g/mol. The van der Waals surface area contributed by atoms with Gasteiger partial charge in [0.25, 0.3) is 10.0 Å². The van der Waals surface area contributed by atoms with Crippen LogP contribution in [0.1, 0.15) is 39.5 Å². The predicted molar refractivity (Wildman–Crippen MR) is 116 cm³/mol. The molecule has 0 N–H and O–H groups in total. The Morgan fingerprint density at radius 3 is 2.33 bits per heavy atom. The highest BCUT2D eigenvalue weighted by molar-refractivity contribution is 7.91. The average Bonchev–Trinajstić information content (AvgIpc) is 3.20. The van der Waals surface area contributed by atoms with Crippen LogP contribution in [0.15, 0.2) is 16.3 Å². The molecule has 1 unspecified atom stereocenters. The lowest BCUT2D eigenvalue weighted by atomic mass is 9.84. The van der Waals surface area contributed by atoms with E-state index < -0.39 is 10.0 Å². The normalized spacial score (nSPS) is 20.8. The van der Waals surface area contributed by atoms with Crippen molar-refractivity contribution in [1.82, 2.24) is 9.21 Å². The number of thiophene rings is 1. The van der Waals surface area contributed by atoms with Gasteiger partial charge in [-0.3, -0.25) is 9.59 Å². The molecule has 3 rings (SSSR count). The fraction of sp³-hybridized carbons (Fsp3) is 0.700. The lowest BCUT2D eigenvalue weighted by Gasteiger charge is -2.37. The lowest BCUT2D eigenvalue weighted by Crippen LogP contribution is -2.46. The zero-order chi connectivity index (χ0) is 21.9. The highest BCUT2D eigenvalue weighted by Crippen LogP contribution is 2.33. The summed E-state index contributed by atoms with van der Waals surface area (Å²) in [7, 11) is -3.52. The minimum absolute atomic E-state index is 0.101. The summed E-state index contributed by atoms with van der Waals surface area (Å²) in [5, 5.41) is 0. The molecule has 0 aliphatic carbocycles. The summed E-state index contributed by atoms with van der Waals surface area (Å²) in [4.78, 5) is 26.7. The molecule has 168 valence electrons. The van der Waals surface area contributed by atoms with Crippen LogP contribution in [-0.2, 0) is 24.3 Å². The van der Waals surface area contributed by atoms with Gasteiger partial charge in [-0.25, -0.2) is 8.42 Å². The van der Waals surface area contributed by atoms with E-state index in [1.807, 2.05) is 11.8 Å². The molecule has 1 aromatic heterocycles. The van der Waals surface area contributed by atoms with Gasteiger partial charge in [0.2, 0.25) is 5.91 Å². The topological polar surface area (TPSA) is 84.0 Å². The maximum absolute atomic E-state index is 13.0. The Labute approximate surface area is 187 Å². The maximum atomic E-state index is 13.0. The van der Waals surface area contributed by atoms with Crippen LogP contribution in [0.4, 0.5) is 0 Å². The van der Waals surface area contributed by atoms with Crippen LogP contribution >= 0.6 is 22.9 Å². The number of hydrogen-bond acceptors (Lipinski definition) is 6. The Hall–Kier alpha value is -1.16. The highest BCUT2D eigenvalue weighted by atomic mass is 35.5. The van der Waals surface area contributed by atoms with Crippen LogP contribution in [0, 0.1) is 17.8 Å². The smallest absolute Gasteiger partial charge is 0.309 e. The van der Waals surface area contributed by atoms with Crippen molar-refractivity contribution in [3.05, 3.63) is 16.5 Å². The summed E-state index contributed by atoms with van der Waals surface area (Å²) in [6.45, 7) is 6.06. The molecule has 0 bridgehead atoms. The molecule has 0 aromatic carbocycles. The molecule has 0 spiro atoms. The van der Waals surface area contributed by atoms with Crippen molar-refractivity contribution in [3.63, 3.8) is 0 Å². The number of likely N-dealkylation sites (tertiary alicyclic amines) is 1. The molecule has 3 heterocycles. The number of sulfonamides is 1. The van der Waals surface area contributed by atoms with Crippen LogP contribution in [-0.4, -0.2) is 62.3 Å². The third-order valence-electron chi connectivity index (χ3n) is 6.16. The standard InChI is InChI=1S/C20H29ClN2O5S2/c1-3-28-20(25)16-6-10-22(11-7-16)19(24)14(2)15-8-12-23(13-9-15)30(26,27)18-5-4-17(21)29-18/h4-5,14-16H,3,6-13H2,1-2H3. The molecule has 0 radical (unpaired) electrons. The first-order chi connectivity index (χ1) is 14.2. The molecule has 1 amide bonds. The Morgan fingerprint density at radius 2 is 1.80 bits per heavy atom. The van der Waals surface area contributed by atoms with E-state index in [1.165, 1.54) is 4.31 Å². The van der Waals surface area contributed by atoms with Gasteiger partial charge in [0, 0.05) is 32.1 Å². The SMILES string of the molecule is CCOC(=O)C1CCN(C(=O)C(C)C2CCN(S(=O)(=O)c3ccc(Cl)s3)CC2)CC1. The van der Waals surface area contributed by atoms with Crippen molar-refractivity contribution in [2.45, 2.75) is 43.7 Å². The van der Waals surface area contributed by atoms with Crippen molar-refractivity contribution in [2.24, 2.45) is 17.8 Å². The molecule has 1 atom stereocenters. The molecule has 2 fully saturated rings. The van der Waals surface area contributed by atoms with Crippen LogP contribution in [0.25, 0.3) is 0 Å². The number of halogens is 1. The molecule has 0 saturated carbocycles. The fourth-order valence-electron chi connectivity index (χ4n) is 4.27. The summed E-state index contributed by atoms with van der Waals surface area (Å²) in [5.41, 5.74) is 0. The summed E-state index contributed by atoms with van der Waals surface area (Å²) in [6.07, 6.45) is 2.59. The molecular weight excluding hydrogens is 448 g/mol. The van der Waals surface area contributed by atoms with Gasteiger partial charge in [0.1, 0.15) is 4.21 Å². The zero-order valence-corrected chi connectivity index (χ0v) is 19.8. The second-order valence-electron chi connectivity index (χ2n) is 7.94. The molecule has 30 heavy (non-hydrogen) atoms. The van der Waals surface area contributed by atoms with E-state index in [-0.39, 0.29) is 33.8 Å². The Balaban J connectivity index is 1.51. The van der Waals surface area contributed by atoms with Crippen LogP contribution in [0.3, 0.4) is 0 Å². The number of amides is 1. The molecule has 1 aromatic rings. The molecule has 7 nitrogen and oxygen atoms in total. The van der Waals surface area contributed by atoms with Gasteiger partial charge in [-0.1, -0.05) is 18.5 Å². The first-order valence-corrected chi connectivity index (χ1v) is 13.1. The first-order valence-electron chi connectivity index (χ1n) is 10.4. The summed E-state index contributed by atoms with van der Waals surface area (Å²) < 4.78 is 32.8. The largest absolute Gasteiger partial charge is 0.466 e. The van der Waals surface area contributed by atoms with Gasteiger partial charge in [-0.15, -0.1) is 11.3 Å². The minimum Gasteiger partial charge on any atom is -0.466 e. The van der Waals surface area contributed by atoms with E-state index in [4.69, 9.17) is 16.3 Å². The Kier molecular flexibility index (Phi) is 7.81. The number of nitrogens with zero attached hydrogens (tertiary/aromatic N) is 2. The maximum Gasteiger partial charge on any atom is 0.309 e. The monoisotopic (exact) mass is 476 g/mol. The zero-order valence-electron chi connectivity index (χ0n) is 17.4. The number of carbonyl (C=O) groups is 2. The molecule has 2 saturated heterocycles. The number of piperidine rings is 2. The van der Waals surface area contributed by atoms with E-state index in [0.717, 1.165) is 11.3 Å². The quantitative estimate of drug-likeness (QED) is 0.588. The van der Waals surface area contributed by atoms with E-state index in [9.17, 15) is 18.0 Å². The summed E-state index contributed by atoms with van der Waals surface area (Å²) in [5.74, 6) is -0.200. The predicted octanol–water partition coefficient (Wildman–Crippen LogP) is 3.24. The van der Waals surface area contributed by atoms with Crippen LogP contribution < -0.4 is 0 Å². The van der Waals surface area contributed by atoms with E-state index in [0.29, 0.717) is 62.8 Å². The third-order valence-corrected chi connectivity index (χ3v) is 9.76. The first kappa shape index (κ1) is 23.5. The molecule has 2 aliphatic heterocycles. The fourth-order valence-corrected chi connectivity index (χ4v) is 7.37. The van der Waals surface area contributed by atoms with Gasteiger partial charge >= 0.3 is 5.97 Å². The second-order valence-corrected chi connectivity index (χ2v) is 11.8. The van der Waals surface area contributed by atoms with Crippen molar-refractivity contribution >= 4 is 44.8 Å². The summed E-state index contributed by atoms with van der Waals surface area (Å²) >= 11 is 6.95. The Bertz CT molecular complexity index is 856. The number of ether oxygens (including phenoxy) is 1. The third kappa shape index (κ3) is 5.18. The van der Waals surface area contributed by atoms with E-state index in [1.54, 1.807) is 19.1 Å². The van der Waals surface area contributed by atoms with Gasteiger partial charge in [-0.05, 0) is 50.7 Å². The van der Waals surface area contributed by atoms with E-state index >= 15 is 0 Å². The lowest BCUT2D eigenvalue weighted by molar-refractivity contribution is -0.152. The Morgan fingerprint density at radius 1 is 1.17 bits per heavy atom. The number of carbonyl (C=O) groups excluding carboxylic acids is 2. The van der Waals surface area contributed by atoms with Gasteiger partial charge in [0.05, 0.1) is 16.9 Å². The number of hydrogen-bond donors (Lipinski definition) is 0. The van der Waals surface area contributed by atoms with Crippen LogP contribution in [0.2, 0.25) is 4.34 Å². The van der Waals surface area contributed by atoms with Gasteiger partial charge in [0.15, 0.2) is 0 Å². The minimum atomic E-state index is -3.52. The van der Waals surface area contributed by atoms with Crippen molar-refractivity contribution < 1.29 is 22.7 Å². The van der Waals surface area contributed by atoms with E-state index in [2.05, 4.69) is 0 Å². The van der Waals surface area contributed by atoms with Gasteiger partial charge in [-0.2, -0.15) is 4.31 Å². The van der Waals surface area contributed by atoms with Gasteiger partial charge < -0.3 is 9.64 Å². The number of esters is 1. The highest BCUT2D eigenvalue weighted by Gasteiger charge is 2.36. The molecular formula is C20H29ClN2O5S2. The molecule has 10 heteroatoms. The molecule has 2 aliphatic rings.